The summed E-state index contributed by atoms with van der Waals surface area (Å²) in [4.78, 5) is 6.96. The normalized spacial score (nSPS) is 20.4. The standard InChI is InChI=1S/C20H30N4/c1-16(2)11-19(21)20-12-22-15-24(20)18-9-6-10-23(14-18)13-17-7-4-3-5-8-17/h3-5,7-8,12,15-16,18-19H,6,9-11,13-14,21H2,1-2H3. The zero-order chi connectivity index (χ0) is 16.9. The number of nitrogens with two attached hydrogens (primary N) is 1. The van der Waals surface area contributed by atoms with Crippen molar-refractivity contribution in [1.82, 2.24) is 14.5 Å². The Hall–Kier alpha value is -1.65. The zero-order valence-corrected chi connectivity index (χ0v) is 14.9. The molecule has 130 valence electrons. The lowest BCUT2D eigenvalue weighted by Gasteiger charge is -2.34. The van der Waals surface area contributed by atoms with E-state index in [2.05, 4.69) is 58.6 Å². The van der Waals surface area contributed by atoms with Gasteiger partial charge < -0.3 is 10.3 Å². The Kier molecular flexibility index (Phi) is 5.69. The molecule has 0 bridgehead atoms. The van der Waals surface area contributed by atoms with Gasteiger partial charge in [-0.05, 0) is 37.3 Å². The SMILES string of the molecule is CC(C)CC(N)c1cncn1C1CCCN(Cc2ccccc2)C1. The second-order valence-electron chi connectivity index (χ2n) is 7.48. The van der Waals surface area contributed by atoms with E-state index in [0.29, 0.717) is 12.0 Å². The van der Waals surface area contributed by atoms with Crippen LogP contribution in [-0.4, -0.2) is 27.5 Å². The molecule has 1 saturated heterocycles. The quantitative estimate of drug-likeness (QED) is 0.879. The number of hydrogen-bond acceptors (Lipinski definition) is 3. The summed E-state index contributed by atoms with van der Waals surface area (Å²) in [5.41, 5.74) is 9.01. The number of rotatable bonds is 6. The summed E-state index contributed by atoms with van der Waals surface area (Å²) < 4.78 is 2.34. The molecule has 2 heterocycles. The zero-order valence-electron chi connectivity index (χ0n) is 14.9. The summed E-state index contributed by atoms with van der Waals surface area (Å²) in [7, 11) is 0. The molecule has 0 aliphatic carbocycles. The Morgan fingerprint density at radius 1 is 1.25 bits per heavy atom. The van der Waals surface area contributed by atoms with E-state index in [0.717, 1.165) is 19.5 Å². The Balaban J connectivity index is 1.68. The molecule has 0 radical (unpaired) electrons. The van der Waals surface area contributed by atoms with Crippen LogP contribution in [0.4, 0.5) is 0 Å². The fourth-order valence-electron chi connectivity index (χ4n) is 3.78. The molecule has 0 saturated carbocycles. The fourth-order valence-corrected chi connectivity index (χ4v) is 3.78. The molecular weight excluding hydrogens is 296 g/mol. The molecule has 1 fully saturated rings. The first-order valence-electron chi connectivity index (χ1n) is 9.17. The Bertz CT molecular complexity index is 620. The number of piperidine rings is 1. The first kappa shape index (κ1) is 17.2. The van der Waals surface area contributed by atoms with E-state index in [9.17, 15) is 0 Å². The summed E-state index contributed by atoms with van der Waals surface area (Å²) in [6.07, 6.45) is 7.39. The molecule has 24 heavy (non-hydrogen) atoms. The molecule has 1 aliphatic heterocycles. The highest BCUT2D eigenvalue weighted by molar-refractivity contribution is 5.14. The molecule has 1 aliphatic rings. The highest BCUT2D eigenvalue weighted by Crippen LogP contribution is 2.27. The third-order valence-electron chi connectivity index (χ3n) is 4.92. The van der Waals surface area contributed by atoms with Crippen LogP contribution < -0.4 is 5.73 Å². The van der Waals surface area contributed by atoms with Crippen molar-refractivity contribution in [2.45, 2.75) is 51.7 Å². The molecule has 0 amide bonds. The number of likely N-dealkylation sites (tertiary alicyclic amines) is 1. The molecular formula is C20H30N4. The number of imidazole rings is 1. The van der Waals surface area contributed by atoms with Crippen molar-refractivity contribution in [3.8, 4) is 0 Å². The maximum Gasteiger partial charge on any atom is 0.0951 e. The summed E-state index contributed by atoms with van der Waals surface area (Å²) >= 11 is 0. The highest BCUT2D eigenvalue weighted by atomic mass is 15.2. The summed E-state index contributed by atoms with van der Waals surface area (Å²) in [6.45, 7) is 7.73. The van der Waals surface area contributed by atoms with Crippen molar-refractivity contribution in [2.75, 3.05) is 13.1 Å². The molecule has 0 spiro atoms. The number of nitrogens with zero attached hydrogens (tertiary/aromatic N) is 3. The Morgan fingerprint density at radius 3 is 2.79 bits per heavy atom. The van der Waals surface area contributed by atoms with Crippen LogP contribution in [0.1, 0.15) is 56.5 Å². The second-order valence-corrected chi connectivity index (χ2v) is 7.48. The van der Waals surface area contributed by atoms with Crippen molar-refractivity contribution in [1.29, 1.82) is 0 Å². The van der Waals surface area contributed by atoms with Crippen LogP contribution in [-0.2, 0) is 6.54 Å². The van der Waals surface area contributed by atoms with Crippen molar-refractivity contribution in [3.63, 3.8) is 0 Å². The van der Waals surface area contributed by atoms with Crippen LogP contribution in [0.25, 0.3) is 0 Å². The Labute approximate surface area is 145 Å². The minimum Gasteiger partial charge on any atom is -0.329 e. The molecule has 2 atom stereocenters. The van der Waals surface area contributed by atoms with Gasteiger partial charge in [0.15, 0.2) is 0 Å². The van der Waals surface area contributed by atoms with E-state index in [1.807, 2.05) is 12.5 Å². The molecule has 4 nitrogen and oxygen atoms in total. The summed E-state index contributed by atoms with van der Waals surface area (Å²) in [6, 6.07) is 11.3. The van der Waals surface area contributed by atoms with Gasteiger partial charge in [-0.25, -0.2) is 4.98 Å². The molecule has 2 unspecified atom stereocenters. The maximum absolute atomic E-state index is 6.43. The lowest BCUT2D eigenvalue weighted by atomic mass is 10.00. The van der Waals surface area contributed by atoms with E-state index < -0.39 is 0 Å². The number of aromatic nitrogens is 2. The number of hydrogen-bond donors (Lipinski definition) is 1. The molecule has 4 heteroatoms. The van der Waals surface area contributed by atoms with Crippen LogP contribution >= 0.6 is 0 Å². The van der Waals surface area contributed by atoms with Gasteiger partial charge in [0.2, 0.25) is 0 Å². The summed E-state index contributed by atoms with van der Waals surface area (Å²) in [5, 5.41) is 0. The molecule has 3 rings (SSSR count). The first-order valence-corrected chi connectivity index (χ1v) is 9.17. The predicted molar refractivity (Wildman–Crippen MR) is 98.6 cm³/mol. The maximum atomic E-state index is 6.43. The van der Waals surface area contributed by atoms with E-state index in [1.165, 1.54) is 30.6 Å². The van der Waals surface area contributed by atoms with Gasteiger partial charge in [-0.15, -0.1) is 0 Å². The average molecular weight is 326 g/mol. The predicted octanol–water partition coefficient (Wildman–Crippen LogP) is 3.77. The molecule has 1 aromatic heterocycles. The van der Waals surface area contributed by atoms with Gasteiger partial charge in [-0.1, -0.05) is 44.2 Å². The lowest BCUT2D eigenvalue weighted by molar-refractivity contribution is 0.167. The van der Waals surface area contributed by atoms with Crippen LogP contribution in [0.2, 0.25) is 0 Å². The van der Waals surface area contributed by atoms with Gasteiger partial charge in [0, 0.05) is 31.4 Å². The van der Waals surface area contributed by atoms with Gasteiger partial charge >= 0.3 is 0 Å². The van der Waals surface area contributed by atoms with Crippen LogP contribution in [0.3, 0.4) is 0 Å². The first-order chi connectivity index (χ1) is 11.6. The third kappa shape index (κ3) is 4.25. The van der Waals surface area contributed by atoms with Crippen molar-refractivity contribution < 1.29 is 0 Å². The van der Waals surface area contributed by atoms with Crippen molar-refractivity contribution >= 4 is 0 Å². The van der Waals surface area contributed by atoms with Gasteiger partial charge in [0.05, 0.1) is 12.0 Å². The molecule has 2 N–H and O–H groups in total. The van der Waals surface area contributed by atoms with Gasteiger partial charge in [0.1, 0.15) is 0 Å². The van der Waals surface area contributed by atoms with Crippen molar-refractivity contribution in [3.05, 3.63) is 54.1 Å². The summed E-state index contributed by atoms with van der Waals surface area (Å²) in [5.74, 6) is 0.601. The smallest absolute Gasteiger partial charge is 0.0951 e. The largest absolute Gasteiger partial charge is 0.329 e. The van der Waals surface area contributed by atoms with E-state index >= 15 is 0 Å². The second kappa shape index (κ2) is 7.95. The van der Waals surface area contributed by atoms with Crippen LogP contribution in [0.15, 0.2) is 42.9 Å². The average Bonchev–Trinajstić information content (AvgIpc) is 3.05. The fraction of sp³-hybridized carbons (Fsp3) is 0.550. The van der Waals surface area contributed by atoms with Crippen LogP contribution in [0, 0.1) is 5.92 Å². The molecule has 1 aromatic carbocycles. The topological polar surface area (TPSA) is 47.1 Å². The van der Waals surface area contributed by atoms with Gasteiger partial charge in [-0.3, -0.25) is 4.90 Å². The van der Waals surface area contributed by atoms with Crippen LogP contribution in [0.5, 0.6) is 0 Å². The Morgan fingerprint density at radius 2 is 2.04 bits per heavy atom. The lowest BCUT2D eigenvalue weighted by Crippen LogP contribution is -2.37. The van der Waals surface area contributed by atoms with Gasteiger partial charge in [0.25, 0.3) is 0 Å². The third-order valence-corrected chi connectivity index (χ3v) is 4.92. The minimum absolute atomic E-state index is 0.0806. The van der Waals surface area contributed by atoms with E-state index in [1.54, 1.807) is 0 Å². The van der Waals surface area contributed by atoms with Gasteiger partial charge in [-0.2, -0.15) is 0 Å². The molecule has 2 aromatic rings. The monoisotopic (exact) mass is 326 g/mol. The van der Waals surface area contributed by atoms with Crippen molar-refractivity contribution in [2.24, 2.45) is 11.7 Å². The van der Waals surface area contributed by atoms with E-state index in [4.69, 9.17) is 5.73 Å². The number of benzene rings is 1. The minimum atomic E-state index is 0.0806. The highest BCUT2D eigenvalue weighted by Gasteiger charge is 2.24. The van der Waals surface area contributed by atoms with E-state index in [-0.39, 0.29) is 6.04 Å².